The van der Waals surface area contributed by atoms with Gasteiger partial charge in [-0.05, 0) is 41.0 Å². The molecule has 0 saturated heterocycles. The summed E-state index contributed by atoms with van der Waals surface area (Å²) in [5.41, 5.74) is 2.26. The van der Waals surface area contributed by atoms with Gasteiger partial charge in [0, 0.05) is 19.5 Å². The lowest BCUT2D eigenvalue weighted by atomic mass is 10.0. The van der Waals surface area contributed by atoms with Crippen LogP contribution in [0.15, 0.2) is 72.8 Å². The van der Waals surface area contributed by atoms with E-state index < -0.39 is 6.04 Å². The van der Waals surface area contributed by atoms with Crippen LogP contribution in [0.1, 0.15) is 16.7 Å². The number of carbonyl (C=O) groups excluding carboxylic acids is 2. The highest BCUT2D eigenvalue weighted by Crippen LogP contribution is 2.28. The van der Waals surface area contributed by atoms with Crippen molar-refractivity contribution in [3.8, 4) is 11.5 Å². The Morgan fingerprint density at radius 2 is 1.58 bits per heavy atom. The SMILES string of the molecule is COc1ccc(CC(=O)N(Cc2ccc(F)cc2)C(Cc2ccccc2)C(=O)NCCO)cc1OC. The van der Waals surface area contributed by atoms with Gasteiger partial charge in [0.05, 0.1) is 27.2 Å². The van der Waals surface area contributed by atoms with E-state index in [0.29, 0.717) is 22.6 Å². The number of hydrogen-bond acceptors (Lipinski definition) is 5. The zero-order chi connectivity index (χ0) is 25.9. The van der Waals surface area contributed by atoms with Crippen molar-refractivity contribution >= 4 is 11.8 Å². The average Bonchev–Trinajstić information content (AvgIpc) is 2.90. The molecular weight excluding hydrogens is 463 g/mol. The van der Waals surface area contributed by atoms with E-state index in [2.05, 4.69) is 5.32 Å². The molecule has 2 N–H and O–H groups in total. The minimum Gasteiger partial charge on any atom is -0.493 e. The van der Waals surface area contributed by atoms with E-state index in [9.17, 15) is 19.1 Å². The van der Waals surface area contributed by atoms with Gasteiger partial charge >= 0.3 is 0 Å². The van der Waals surface area contributed by atoms with Crippen LogP contribution >= 0.6 is 0 Å². The van der Waals surface area contributed by atoms with Crippen LogP contribution in [0.25, 0.3) is 0 Å². The quantitative estimate of drug-likeness (QED) is 0.404. The number of methoxy groups -OCH3 is 2. The van der Waals surface area contributed by atoms with E-state index >= 15 is 0 Å². The third-order valence-electron chi connectivity index (χ3n) is 5.75. The van der Waals surface area contributed by atoms with Gasteiger partial charge < -0.3 is 24.8 Å². The van der Waals surface area contributed by atoms with Crippen molar-refractivity contribution in [2.45, 2.75) is 25.4 Å². The van der Waals surface area contributed by atoms with Gasteiger partial charge in [0.2, 0.25) is 11.8 Å². The summed E-state index contributed by atoms with van der Waals surface area (Å²) in [6.45, 7) is -0.0455. The van der Waals surface area contributed by atoms with Gasteiger partial charge in [-0.25, -0.2) is 4.39 Å². The molecule has 0 aromatic heterocycles. The van der Waals surface area contributed by atoms with Crippen molar-refractivity contribution in [2.75, 3.05) is 27.4 Å². The average molecular weight is 495 g/mol. The van der Waals surface area contributed by atoms with Crippen molar-refractivity contribution in [1.82, 2.24) is 10.2 Å². The maximum absolute atomic E-state index is 13.7. The Hall–Kier alpha value is -3.91. The lowest BCUT2D eigenvalue weighted by Crippen LogP contribution is -2.51. The van der Waals surface area contributed by atoms with Crippen LogP contribution in [0.4, 0.5) is 4.39 Å². The van der Waals surface area contributed by atoms with Crippen LogP contribution in [0.2, 0.25) is 0 Å². The van der Waals surface area contributed by atoms with E-state index in [4.69, 9.17) is 9.47 Å². The molecule has 0 fully saturated rings. The zero-order valence-electron chi connectivity index (χ0n) is 20.4. The molecule has 0 heterocycles. The van der Waals surface area contributed by atoms with Gasteiger partial charge in [-0.15, -0.1) is 0 Å². The predicted molar refractivity (Wildman–Crippen MR) is 134 cm³/mol. The standard InChI is InChI=1S/C28H31FN2O5/c1-35-25-13-10-22(17-26(25)36-2)18-27(33)31(19-21-8-11-23(29)12-9-21)24(28(34)30-14-15-32)16-20-6-4-3-5-7-20/h3-13,17,24,32H,14-16,18-19H2,1-2H3,(H,30,34). The number of aliphatic hydroxyl groups excluding tert-OH is 1. The van der Waals surface area contributed by atoms with Gasteiger partial charge in [-0.2, -0.15) is 0 Å². The zero-order valence-corrected chi connectivity index (χ0v) is 20.4. The van der Waals surface area contributed by atoms with Gasteiger partial charge in [0.1, 0.15) is 11.9 Å². The van der Waals surface area contributed by atoms with E-state index in [-0.39, 0.29) is 50.2 Å². The maximum Gasteiger partial charge on any atom is 0.243 e. The molecule has 7 nitrogen and oxygen atoms in total. The number of hydrogen-bond donors (Lipinski definition) is 2. The molecule has 1 unspecified atom stereocenters. The van der Waals surface area contributed by atoms with E-state index in [1.54, 1.807) is 30.3 Å². The van der Waals surface area contributed by atoms with Crippen molar-refractivity contribution in [2.24, 2.45) is 0 Å². The van der Waals surface area contributed by atoms with Crippen molar-refractivity contribution in [3.63, 3.8) is 0 Å². The normalized spacial score (nSPS) is 11.4. The molecule has 0 radical (unpaired) electrons. The van der Waals surface area contributed by atoms with Gasteiger partial charge in [-0.3, -0.25) is 9.59 Å². The molecule has 190 valence electrons. The minimum absolute atomic E-state index is 0.0140. The summed E-state index contributed by atoms with van der Waals surface area (Å²) >= 11 is 0. The number of rotatable bonds is 12. The van der Waals surface area contributed by atoms with Crippen LogP contribution in [0.3, 0.4) is 0 Å². The highest BCUT2D eigenvalue weighted by Gasteiger charge is 2.30. The number of nitrogens with one attached hydrogen (secondary N) is 1. The van der Waals surface area contributed by atoms with E-state index in [0.717, 1.165) is 5.56 Å². The largest absolute Gasteiger partial charge is 0.493 e. The van der Waals surface area contributed by atoms with Crippen molar-refractivity contribution in [3.05, 3.63) is 95.3 Å². The predicted octanol–water partition coefficient (Wildman–Crippen LogP) is 3.13. The minimum atomic E-state index is -0.850. The molecule has 3 aromatic carbocycles. The molecule has 2 amide bonds. The van der Waals surface area contributed by atoms with Crippen LogP contribution in [-0.4, -0.2) is 55.2 Å². The summed E-state index contributed by atoms with van der Waals surface area (Å²) < 4.78 is 24.2. The van der Waals surface area contributed by atoms with Crippen molar-refractivity contribution < 1.29 is 28.6 Å². The Bertz CT molecular complexity index is 1140. The first-order chi connectivity index (χ1) is 17.4. The number of carbonyl (C=O) groups is 2. The fraction of sp³-hybridized carbons (Fsp3) is 0.286. The lowest BCUT2D eigenvalue weighted by Gasteiger charge is -2.31. The molecule has 1 atom stereocenters. The molecule has 0 saturated carbocycles. The van der Waals surface area contributed by atoms with Gasteiger partial charge in [0.15, 0.2) is 11.5 Å². The Morgan fingerprint density at radius 3 is 2.22 bits per heavy atom. The Balaban J connectivity index is 1.96. The molecule has 0 aliphatic carbocycles. The van der Waals surface area contributed by atoms with Crippen LogP contribution in [0, 0.1) is 5.82 Å². The molecule has 0 bridgehead atoms. The second-order valence-corrected chi connectivity index (χ2v) is 8.23. The summed E-state index contributed by atoms with van der Waals surface area (Å²) in [6.07, 6.45) is 0.289. The number of amides is 2. The molecule has 36 heavy (non-hydrogen) atoms. The molecule has 0 spiro atoms. The van der Waals surface area contributed by atoms with E-state index in [1.165, 1.54) is 31.3 Å². The van der Waals surface area contributed by atoms with E-state index in [1.807, 2.05) is 30.3 Å². The van der Waals surface area contributed by atoms with Crippen LogP contribution < -0.4 is 14.8 Å². The molecule has 0 aliphatic heterocycles. The first kappa shape index (κ1) is 26.7. The summed E-state index contributed by atoms with van der Waals surface area (Å²) in [5.74, 6) is -0.0117. The number of ether oxygens (including phenoxy) is 2. The van der Waals surface area contributed by atoms with Gasteiger partial charge in [-0.1, -0.05) is 48.5 Å². The first-order valence-electron chi connectivity index (χ1n) is 11.6. The summed E-state index contributed by atoms with van der Waals surface area (Å²) in [6, 6.07) is 19.6. The summed E-state index contributed by atoms with van der Waals surface area (Å²) in [5, 5.41) is 11.9. The molecule has 0 aliphatic rings. The number of benzene rings is 3. The maximum atomic E-state index is 13.7. The third-order valence-corrected chi connectivity index (χ3v) is 5.75. The smallest absolute Gasteiger partial charge is 0.243 e. The first-order valence-corrected chi connectivity index (χ1v) is 11.6. The number of aliphatic hydroxyl groups is 1. The lowest BCUT2D eigenvalue weighted by molar-refractivity contribution is -0.140. The monoisotopic (exact) mass is 494 g/mol. The Kier molecular flexibility index (Phi) is 9.82. The second kappa shape index (κ2) is 13.3. The van der Waals surface area contributed by atoms with Crippen LogP contribution in [-0.2, 0) is 29.0 Å². The molecule has 8 heteroatoms. The number of halogens is 1. The molecule has 3 aromatic rings. The fourth-order valence-corrected chi connectivity index (χ4v) is 3.90. The molecular formula is C28H31FN2O5. The van der Waals surface area contributed by atoms with Crippen LogP contribution in [0.5, 0.6) is 11.5 Å². The van der Waals surface area contributed by atoms with Crippen molar-refractivity contribution in [1.29, 1.82) is 0 Å². The highest BCUT2D eigenvalue weighted by atomic mass is 19.1. The second-order valence-electron chi connectivity index (χ2n) is 8.23. The van der Waals surface area contributed by atoms with Gasteiger partial charge in [0.25, 0.3) is 0 Å². The molecule has 3 rings (SSSR count). The fourth-order valence-electron chi connectivity index (χ4n) is 3.90. The highest BCUT2D eigenvalue weighted by molar-refractivity contribution is 5.88. The summed E-state index contributed by atoms with van der Waals surface area (Å²) in [7, 11) is 3.05. The summed E-state index contributed by atoms with van der Waals surface area (Å²) in [4.78, 5) is 28.4. The Morgan fingerprint density at radius 1 is 0.917 bits per heavy atom. The number of nitrogens with zero attached hydrogens (tertiary/aromatic N) is 1. The topological polar surface area (TPSA) is 88.1 Å². The Labute approximate surface area is 210 Å². The third kappa shape index (κ3) is 7.29.